The van der Waals surface area contributed by atoms with Crippen LogP contribution < -0.4 is 0 Å². The van der Waals surface area contributed by atoms with E-state index < -0.39 is 0 Å². The summed E-state index contributed by atoms with van der Waals surface area (Å²) in [5.41, 5.74) is 7.46. The molecule has 1 fully saturated rings. The normalized spacial score (nSPS) is 17.9. The third kappa shape index (κ3) is 3.55. The Balaban J connectivity index is 1.36. The van der Waals surface area contributed by atoms with Crippen LogP contribution in [0.3, 0.4) is 0 Å². The number of benzene rings is 1. The van der Waals surface area contributed by atoms with Gasteiger partial charge < -0.3 is 14.4 Å². The quantitative estimate of drug-likeness (QED) is 0.363. The molecule has 38 heavy (non-hydrogen) atoms. The lowest BCUT2D eigenvalue weighted by molar-refractivity contribution is -0.113. The van der Waals surface area contributed by atoms with Crippen molar-refractivity contribution in [3.8, 4) is 12.3 Å². The zero-order valence-corrected chi connectivity index (χ0v) is 21.3. The fourth-order valence-corrected chi connectivity index (χ4v) is 6.45. The van der Waals surface area contributed by atoms with Gasteiger partial charge in [0.15, 0.2) is 5.78 Å². The van der Waals surface area contributed by atoms with Gasteiger partial charge in [-0.3, -0.25) is 9.20 Å². The maximum Gasteiger partial charge on any atom is 0.320 e. The first-order chi connectivity index (χ1) is 18.6. The molecule has 2 amide bonds. The number of Topliss-reactive ketones (excluding diaryl/α,β-unsaturated/α-hetero) is 1. The van der Waals surface area contributed by atoms with Crippen molar-refractivity contribution in [3.05, 3.63) is 71.3 Å². The number of fused-ring (bicyclic) bond motifs is 1. The number of imidazole rings is 1. The van der Waals surface area contributed by atoms with E-state index in [1.54, 1.807) is 6.20 Å². The number of ketones is 1. The van der Waals surface area contributed by atoms with Gasteiger partial charge in [-0.25, -0.2) is 9.78 Å². The molecule has 0 unspecified atom stereocenters. The van der Waals surface area contributed by atoms with E-state index in [9.17, 15) is 9.59 Å². The number of terminal acetylenes is 1. The smallest absolute Gasteiger partial charge is 0.320 e. The van der Waals surface area contributed by atoms with E-state index in [-0.39, 0.29) is 11.8 Å². The van der Waals surface area contributed by atoms with Crippen molar-refractivity contribution in [3.63, 3.8) is 0 Å². The number of amides is 2. The van der Waals surface area contributed by atoms with E-state index in [4.69, 9.17) is 6.42 Å². The Morgan fingerprint density at radius 3 is 2.71 bits per heavy atom. The van der Waals surface area contributed by atoms with Gasteiger partial charge >= 0.3 is 6.03 Å². The minimum atomic E-state index is 0.119. The first kappa shape index (κ1) is 22.9. The van der Waals surface area contributed by atoms with Crippen molar-refractivity contribution < 1.29 is 9.59 Å². The van der Waals surface area contributed by atoms with Gasteiger partial charge in [-0.05, 0) is 61.1 Å². The molecule has 0 bridgehead atoms. The van der Waals surface area contributed by atoms with Crippen molar-refractivity contribution in [2.75, 3.05) is 19.6 Å². The van der Waals surface area contributed by atoms with Crippen LogP contribution in [0.25, 0.3) is 27.7 Å². The summed E-state index contributed by atoms with van der Waals surface area (Å²) in [5, 5.41) is 1.05. The highest BCUT2D eigenvalue weighted by Gasteiger charge is 2.31. The number of urea groups is 1. The number of carbonyl (C=O) groups excluding carboxylic acids is 2. The summed E-state index contributed by atoms with van der Waals surface area (Å²) in [7, 11) is 0. The number of allylic oxidation sites excluding steroid dienone is 2. The first-order valence-electron chi connectivity index (χ1n) is 13.5. The second kappa shape index (κ2) is 8.91. The highest BCUT2D eigenvalue weighted by atomic mass is 16.2. The Hall–Kier alpha value is -4.31. The number of nitrogens with zero attached hydrogens (tertiary/aromatic N) is 5. The zero-order chi connectivity index (χ0) is 25.8. The molecule has 0 spiro atoms. The molecule has 1 saturated heterocycles. The topological polar surface area (TPSA) is 62.9 Å². The van der Waals surface area contributed by atoms with Gasteiger partial charge in [0.05, 0.1) is 17.4 Å². The van der Waals surface area contributed by atoms with Crippen molar-refractivity contribution >= 4 is 39.5 Å². The standard InChI is InChI=1S/C31H29N5O2/c1-2-21-16-22-19-35(31(38)33-11-5-3-6-12-33)15-14-34-20-25(24(17-21)30(22)34)23-9-10-27(37)29(23)26-18-32-28-8-4-7-13-36(26)28/h1,4,7-8,13,16-18,20H,3,5-6,9-12,14-15,19H2. The third-order valence-corrected chi connectivity index (χ3v) is 8.27. The summed E-state index contributed by atoms with van der Waals surface area (Å²) < 4.78 is 4.24. The van der Waals surface area contributed by atoms with Crippen LogP contribution in [0.2, 0.25) is 0 Å². The summed E-state index contributed by atoms with van der Waals surface area (Å²) in [4.78, 5) is 35.1. The van der Waals surface area contributed by atoms with Gasteiger partial charge in [0.25, 0.3) is 0 Å². The minimum absolute atomic E-state index is 0.119. The molecule has 0 saturated carbocycles. The Morgan fingerprint density at radius 1 is 1.00 bits per heavy atom. The highest BCUT2D eigenvalue weighted by Crippen LogP contribution is 2.42. The first-order valence-corrected chi connectivity index (χ1v) is 13.5. The van der Waals surface area contributed by atoms with Gasteiger partial charge in [0, 0.05) is 73.6 Å². The number of aromatic nitrogens is 3. The van der Waals surface area contributed by atoms with Crippen molar-refractivity contribution in [1.82, 2.24) is 23.8 Å². The Morgan fingerprint density at radius 2 is 1.87 bits per heavy atom. The molecule has 0 radical (unpaired) electrons. The molecule has 3 aliphatic rings. The maximum absolute atomic E-state index is 13.4. The van der Waals surface area contributed by atoms with Crippen molar-refractivity contribution in [2.24, 2.45) is 0 Å². The molecule has 5 heterocycles. The molecule has 1 aliphatic carbocycles. The second-order valence-electron chi connectivity index (χ2n) is 10.5. The lowest BCUT2D eigenvalue weighted by atomic mass is 9.97. The summed E-state index contributed by atoms with van der Waals surface area (Å²) in [5.74, 6) is 2.97. The van der Waals surface area contributed by atoms with Crippen LogP contribution in [0.15, 0.2) is 48.9 Å². The van der Waals surface area contributed by atoms with Crippen LogP contribution in [0, 0.1) is 12.3 Å². The van der Waals surface area contributed by atoms with E-state index in [2.05, 4.69) is 27.7 Å². The van der Waals surface area contributed by atoms with Gasteiger partial charge in [-0.15, -0.1) is 6.42 Å². The van der Waals surface area contributed by atoms with Crippen LogP contribution in [-0.2, 0) is 17.9 Å². The Kier molecular flexibility index (Phi) is 5.36. The summed E-state index contributed by atoms with van der Waals surface area (Å²) in [6.45, 7) is 3.53. The Labute approximate surface area is 221 Å². The number of carbonyl (C=O) groups is 2. The molecule has 7 rings (SSSR count). The van der Waals surface area contributed by atoms with E-state index in [1.165, 1.54) is 6.42 Å². The molecule has 0 atom stereocenters. The van der Waals surface area contributed by atoms with Gasteiger partial charge in [0.1, 0.15) is 5.65 Å². The van der Waals surface area contributed by atoms with Gasteiger partial charge in [-0.2, -0.15) is 0 Å². The third-order valence-electron chi connectivity index (χ3n) is 8.27. The predicted molar refractivity (Wildman–Crippen MR) is 147 cm³/mol. The lowest BCUT2D eigenvalue weighted by Gasteiger charge is -2.32. The van der Waals surface area contributed by atoms with Crippen LogP contribution in [0.1, 0.15) is 54.5 Å². The van der Waals surface area contributed by atoms with Crippen LogP contribution in [0.4, 0.5) is 4.79 Å². The van der Waals surface area contributed by atoms with E-state index in [0.717, 1.165) is 76.0 Å². The fraction of sp³-hybridized carbons (Fsp3) is 0.323. The van der Waals surface area contributed by atoms with Crippen LogP contribution in [0.5, 0.6) is 0 Å². The largest absolute Gasteiger partial charge is 0.345 e. The van der Waals surface area contributed by atoms with E-state index >= 15 is 0 Å². The number of likely N-dealkylation sites (tertiary alicyclic amines) is 1. The molecular formula is C31H29N5O2. The summed E-state index contributed by atoms with van der Waals surface area (Å²) >= 11 is 0. The highest BCUT2D eigenvalue weighted by molar-refractivity contribution is 6.31. The molecule has 4 aromatic rings. The molecular weight excluding hydrogens is 474 g/mol. The Bertz CT molecular complexity index is 1690. The number of rotatable bonds is 2. The molecule has 1 aromatic carbocycles. The summed E-state index contributed by atoms with van der Waals surface area (Å²) in [6.07, 6.45) is 16.3. The van der Waals surface area contributed by atoms with Gasteiger partial charge in [0.2, 0.25) is 0 Å². The van der Waals surface area contributed by atoms with Crippen molar-refractivity contribution in [1.29, 1.82) is 0 Å². The monoisotopic (exact) mass is 503 g/mol. The average molecular weight is 504 g/mol. The van der Waals surface area contributed by atoms with E-state index in [0.29, 0.717) is 32.5 Å². The van der Waals surface area contributed by atoms with Crippen LogP contribution in [-0.4, -0.2) is 55.2 Å². The molecule has 190 valence electrons. The number of piperidine rings is 1. The SMILES string of the molecule is C#Cc1cc2c3c(c1)c(C1=C(c4cnc5ccccn45)C(=O)CC1)cn3CCN(C(=O)N1CCCCC1)C2. The predicted octanol–water partition coefficient (Wildman–Crippen LogP) is 4.97. The van der Waals surface area contributed by atoms with E-state index in [1.807, 2.05) is 44.7 Å². The zero-order valence-electron chi connectivity index (χ0n) is 21.3. The minimum Gasteiger partial charge on any atom is -0.345 e. The number of hydrogen-bond acceptors (Lipinski definition) is 3. The molecule has 0 N–H and O–H groups in total. The lowest BCUT2D eigenvalue weighted by Crippen LogP contribution is -2.45. The molecule has 3 aromatic heterocycles. The maximum atomic E-state index is 13.4. The number of hydrogen-bond donors (Lipinski definition) is 0. The fourth-order valence-electron chi connectivity index (χ4n) is 6.45. The van der Waals surface area contributed by atoms with Crippen LogP contribution >= 0.6 is 0 Å². The molecule has 7 heteroatoms. The number of pyridine rings is 1. The van der Waals surface area contributed by atoms with Crippen molar-refractivity contribution in [2.45, 2.75) is 45.2 Å². The molecule has 2 aliphatic heterocycles. The second-order valence-corrected chi connectivity index (χ2v) is 10.5. The van der Waals surface area contributed by atoms with Gasteiger partial charge in [-0.1, -0.05) is 12.0 Å². The molecule has 7 nitrogen and oxygen atoms in total. The summed E-state index contributed by atoms with van der Waals surface area (Å²) in [6, 6.07) is 10.1. The average Bonchev–Trinajstić information content (AvgIpc) is 3.61.